The van der Waals surface area contributed by atoms with Crippen LogP contribution in [0.25, 0.3) is 0 Å². The van der Waals surface area contributed by atoms with Gasteiger partial charge in [-0.1, -0.05) is 23.8 Å². The number of hydrogen-bond donors (Lipinski definition) is 1. The van der Waals surface area contributed by atoms with Gasteiger partial charge in [0.1, 0.15) is 0 Å². The number of rotatable bonds is 3. The fraction of sp³-hybridized carbons (Fsp3) is 0.571. The Morgan fingerprint density at radius 1 is 1.44 bits per heavy atom. The second kappa shape index (κ2) is 4.98. The summed E-state index contributed by atoms with van der Waals surface area (Å²) in [4.78, 5) is 0. The zero-order valence-electron chi connectivity index (χ0n) is 10.2. The molecular weight excluding hydrogens is 198 g/mol. The highest BCUT2D eigenvalue weighted by Crippen LogP contribution is 2.20. The first-order valence-electron chi connectivity index (χ1n) is 6.06. The van der Waals surface area contributed by atoms with Crippen LogP contribution in [0, 0.1) is 19.8 Å². The quantitative estimate of drug-likeness (QED) is 0.846. The molecule has 0 aromatic heterocycles. The molecule has 1 fully saturated rings. The fourth-order valence-electron chi connectivity index (χ4n) is 2.33. The molecule has 2 nitrogen and oxygen atoms in total. The predicted octanol–water partition coefficient (Wildman–Crippen LogP) is 2.21. The minimum Gasteiger partial charge on any atom is -0.381 e. The van der Waals surface area contributed by atoms with Gasteiger partial charge in [0.2, 0.25) is 0 Å². The molecule has 88 valence electrons. The molecule has 2 N–H and O–H groups in total. The van der Waals surface area contributed by atoms with E-state index in [9.17, 15) is 0 Å². The van der Waals surface area contributed by atoms with Crippen molar-refractivity contribution in [2.45, 2.75) is 32.7 Å². The number of hydrogen-bond acceptors (Lipinski definition) is 2. The van der Waals surface area contributed by atoms with Gasteiger partial charge in [-0.25, -0.2) is 0 Å². The van der Waals surface area contributed by atoms with Crippen LogP contribution in [0.1, 0.15) is 23.1 Å². The van der Waals surface area contributed by atoms with E-state index in [0.29, 0.717) is 5.92 Å². The van der Waals surface area contributed by atoms with E-state index < -0.39 is 0 Å². The van der Waals surface area contributed by atoms with E-state index in [1.54, 1.807) is 0 Å². The molecule has 0 saturated carbocycles. The molecule has 2 rings (SSSR count). The highest BCUT2D eigenvalue weighted by atomic mass is 16.5. The molecule has 2 atom stereocenters. The monoisotopic (exact) mass is 219 g/mol. The van der Waals surface area contributed by atoms with Crippen LogP contribution >= 0.6 is 0 Å². The van der Waals surface area contributed by atoms with E-state index in [1.165, 1.54) is 16.7 Å². The van der Waals surface area contributed by atoms with Crippen molar-refractivity contribution in [3.63, 3.8) is 0 Å². The summed E-state index contributed by atoms with van der Waals surface area (Å²) in [7, 11) is 0. The number of benzene rings is 1. The van der Waals surface area contributed by atoms with Gasteiger partial charge >= 0.3 is 0 Å². The van der Waals surface area contributed by atoms with Crippen LogP contribution in [0.3, 0.4) is 0 Å². The lowest BCUT2D eigenvalue weighted by Gasteiger charge is -2.19. The van der Waals surface area contributed by atoms with E-state index in [-0.39, 0.29) is 6.04 Å². The Hall–Kier alpha value is -0.860. The molecular formula is C14H21NO. The van der Waals surface area contributed by atoms with E-state index in [1.807, 2.05) is 0 Å². The molecule has 1 aliphatic heterocycles. The van der Waals surface area contributed by atoms with Crippen LogP contribution in [0.5, 0.6) is 0 Å². The number of ether oxygens (including phenoxy) is 1. The van der Waals surface area contributed by atoms with Gasteiger partial charge in [-0.3, -0.25) is 0 Å². The summed E-state index contributed by atoms with van der Waals surface area (Å²) in [5.41, 5.74) is 10.3. The normalized spacial score (nSPS) is 22.3. The van der Waals surface area contributed by atoms with Crippen LogP contribution in [0.15, 0.2) is 18.2 Å². The lowest BCUT2D eigenvalue weighted by molar-refractivity contribution is 0.180. The minimum absolute atomic E-state index is 0.239. The van der Waals surface area contributed by atoms with Crippen molar-refractivity contribution >= 4 is 0 Å². The maximum atomic E-state index is 6.25. The number of aryl methyl sites for hydroxylation is 2. The van der Waals surface area contributed by atoms with E-state index in [2.05, 4.69) is 32.0 Å². The van der Waals surface area contributed by atoms with Crippen LogP contribution in [0.4, 0.5) is 0 Å². The topological polar surface area (TPSA) is 35.2 Å². The van der Waals surface area contributed by atoms with Crippen molar-refractivity contribution < 1.29 is 4.74 Å². The molecule has 0 bridgehead atoms. The lowest BCUT2D eigenvalue weighted by atomic mass is 9.91. The zero-order chi connectivity index (χ0) is 11.5. The molecule has 0 amide bonds. The summed E-state index contributed by atoms with van der Waals surface area (Å²) in [5.74, 6) is 0.542. The van der Waals surface area contributed by atoms with Crippen LogP contribution in [-0.2, 0) is 11.2 Å². The maximum absolute atomic E-state index is 6.25. The molecule has 0 aliphatic carbocycles. The molecule has 1 aromatic rings. The molecule has 1 aliphatic rings. The Labute approximate surface area is 97.8 Å². The van der Waals surface area contributed by atoms with E-state index >= 15 is 0 Å². The fourth-order valence-corrected chi connectivity index (χ4v) is 2.33. The van der Waals surface area contributed by atoms with E-state index in [4.69, 9.17) is 10.5 Å². The maximum Gasteiger partial charge on any atom is 0.0510 e. The van der Waals surface area contributed by atoms with Gasteiger partial charge in [-0.2, -0.15) is 0 Å². The van der Waals surface area contributed by atoms with Gasteiger partial charge in [0.25, 0.3) is 0 Å². The summed E-state index contributed by atoms with van der Waals surface area (Å²) in [6.45, 7) is 6.01. The predicted molar refractivity (Wildman–Crippen MR) is 66.5 cm³/mol. The molecule has 2 unspecified atom stereocenters. The molecule has 1 heterocycles. The highest BCUT2D eigenvalue weighted by Gasteiger charge is 2.23. The molecule has 0 radical (unpaired) electrons. The summed E-state index contributed by atoms with van der Waals surface area (Å²) in [6, 6.07) is 6.83. The van der Waals surface area contributed by atoms with Crippen molar-refractivity contribution in [2.75, 3.05) is 13.2 Å². The Morgan fingerprint density at radius 3 is 2.94 bits per heavy atom. The molecule has 2 heteroatoms. The Balaban J connectivity index is 2.04. The van der Waals surface area contributed by atoms with Crippen LogP contribution in [-0.4, -0.2) is 19.3 Å². The summed E-state index contributed by atoms with van der Waals surface area (Å²) < 4.78 is 5.39. The smallest absolute Gasteiger partial charge is 0.0510 e. The molecule has 1 aromatic carbocycles. The van der Waals surface area contributed by atoms with Crippen molar-refractivity contribution in [1.82, 2.24) is 0 Å². The summed E-state index contributed by atoms with van der Waals surface area (Å²) in [5, 5.41) is 0. The van der Waals surface area contributed by atoms with Crippen molar-refractivity contribution in [3.8, 4) is 0 Å². The zero-order valence-corrected chi connectivity index (χ0v) is 10.2. The highest BCUT2D eigenvalue weighted by molar-refractivity contribution is 5.31. The molecule has 16 heavy (non-hydrogen) atoms. The van der Waals surface area contributed by atoms with Gasteiger partial charge in [0, 0.05) is 12.6 Å². The van der Waals surface area contributed by atoms with Crippen LogP contribution < -0.4 is 5.73 Å². The third kappa shape index (κ3) is 2.63. The Bertz CT molecular complexity index is 356. The van der Waals surface area contributed by atoms with Crippen molar-refractivity contribution in [1.29, 1.82) is 0 Å². The van der Waals surface area contributed by atoms with Gasteiger partial charge in [-0.05, 0) is 43.7 Å². The third-order valence-electron chi connectivity index (χ3n) is 3.53. The molecule has 1 saturated heterocycles. The van der Waals surface area contributed by atoms with E-state index in [0.717, 1.165) is 26.1 Å². The second-order valence-electron chi connectivity index (χ2n) is 4.92. The third-order valence-corrected chi connectivity index (χ3v) is 3.53. The van der Waals surface area contributed by atoms with Gasteiger partial charge in [0.15, 0.2) is 0 Å². The Morgan fingerprint density at radius 2 is 2.25 bits per heavy atom. The lowest BCUT2D eigenvalue weighted by Crippen LogP contribution is -2.32. The first-order valence-corrected chi connectivity index (χ1v) is 6.06. The minimum atomic E-state index is 0.239. The summed E-state index contributed by atoms with van der Waals surface area (Å²) in [6.07, 6.45) is 2.09. The SMILES string of the molecule is Cc1ccc(C)c(CC(N)C2CCOC2)c1. The van der Waals surface area contributed by atoms with Gasteiger partial charge in [0.05, 0.1) is 6.61 Å². The average molecular weight is 219 g/mol. The Kier molecular flexibility index (Phi) is 3.62. The van der Waals surface area contributed by atoms with Gasteiger partial charge < -0.3 is 10.5 Å². The van der Waals surface area contributed by atoms with Gasteiger partial charge in [-0.15, -0.1) is 0 Å². The van der Waals surface area contributed by atoms with Crippen LogP contribution in [0.2, 0.25) is 0 Å². The second-order valence-corrected chi connectivity index (χ2v) is 4.92. The van der Waals surface area contributed by atoms with Crippen molar-refractivity contribution in [2.24, 2.45) is 11.7 Å². The number of nitrogens with two attached hydrogens (primary N) is 1. The standard InChI is InChI=1S/C14H21NO/c1-10-3-4-11(2)13(7-10)8-14(15)12-5-6-16-9-12/h3-4,7,12,14H,5-6,8-9,15H2,1-2H3. The molecule has 0 spiro atoms. The largest absolute Gasteiger partial charge is 0.381 e. The van der Waals surface area contributed by atoms with Crippen molar-refractivity contribution in [3.05, 3.63) is 34.9 Å². The average Bonchev–Trinajstić information content (AvgIpc) is 2.76. The first kappa shape index (κ1) is 11.6. The summed E-state index contributed by atoms with van der Waals surface area (Å²) >= 11 is 0. The first-order chi connectivity index (χ1) is 7.66.